The van der Waals surface area contributed by atoms with Crippen LogP contribution in [0.2, 0.25) is 0 Å². The van der Waals surface area contributed by atoms with Crippen LogP contribution in [0.3, 0.4) is 0 Å². The summed E-state index contributed by atoms with van der Waals surface area (Å²) in [4.78, 5) is 29.0. The molecule has 4 heterocycles. The molecule has 55 heavy (non-hydrogen) atoms. The van der Waals surface area contributed by atoms with Crippen molar-refractivity contribution in [2.45, 2.75) is 39.5 Å². The van der Waals surface area contributed by atoms with E-state index in [-0.39, 0.29) is 18.2 Å². The highest BCUT2D eigenvalue weighted by molar-refractivity contribution is 6.04. The summed E-state index contributed by atoms with van der Waals surface area (Å²) in [5.74, 6) is 0.681. The number of rotatable bonds is 10. The van der Waals surface area contributed by atoms with Gasteiger partial charge in [0.2, 0.25) is 5.91 Å². The quantitative estimate of drug-likeness (QED) is 0.116. The smallest absolute Gasteiger partial charge is 0.352 e. The lowest BCUT2D eigenvalue weighted by molar-refractivity contribution is -0.129. The van der Waals surface area contributed by atoms with E-state index in [0.29, 0.717) is 58.0 Å². The Morgan fingerprint density at radius 1 is 0.873 bits per heavy atom. The molecule has 2 aliphatic rings. The summed E-state index contributed by atoms with van der Waals surface area (Å²) in [5.41, 5.74) is 6.40. The normalized spacial score (nSPS) is 14.5. The number of carboxylic acids is 1. The van der Waals surface area contributed by atoms with E-state index in [1.165, 1.54) is 0 Å². The Balaban J connectivity index is 1.09. The van der Waals surface area contributed by atoms with Crippen LogP contribution in [0.5, 0.6) is 11.5 Å². The summed E-state index contributed by atoms with van der Waals surface area (Å²) in [5, 5.41) is 18.7. The highest BCUT2D eigenvalue weighted by atomic mass is 16.5. The molecule has 0 bridgehead atoms. The van der Waals surface area contributed by atoms with E-state index in [9.17, 15) is 14.7 Å². The Labute approximate surface area is 319 Å². The maximum Gasteiger partial charge on any atom is 0.352 e. The summed E-state index contributed by atoms with van der Waals surface area (Å²) < 4.78 is 22.5. The van der Waals surface area contributed by atoms with Gasteiger partial charge in [-0.15, -0.1) is 0 Å². The van der Waals surface area contributed by atoms with E-state index >= 15 is 0 Å². The van der Waals surface area contributed by atoms with E-state index in [1.807, 2.05) is 87.9 Å². The number of hydrogen-bond donors (Lipinski definition) is 1. The Morgan fingerprint density at radius 3 is 2.44 bits per heavy atom. The summed E-state index contributed by atoms with van der Waals surface area (Å²) in [6.07, 6.45) is 5.09. The SMILES string of the molecule is CC(=O)N1CCN(c2ccc(OCc3nn(C)c4c3-c3cccc5c(CCCOc6cccc7ccccc67)c(C(=O)O)n(c35)CC=CCOC4)cc2)CC1. The molecule has 11 nitrogen and oxygen atoms in total. The van der Waals surface area contributed by atoms with Crippen molar-refractivity contribution in [3.63, 3.8) is 0 Å². The van der Waals surface area contributed by atoms with Gasteiger partial charge in [-0.3, -0.25) is 9.48 Å². The zero-order chi connectivity index (χ0) is 37.9. The third-order valence-electron chi connectivity index (χ3n) is 10.7. The van der Waals surface area contributed by atoms with Gasteiger partial charge < -0.3 is 33.7 Å². The number of para-hydroxylation sites is 1. The highest BCUT2D eigenvalue weighted by Crippen LogP contribution is 2.39. The molecule has 0 atom stereocenters. The van der Waals surface area contributed by atoms with Crippen LogP contribution in [-0.2, 0) is 42.8 Å². The van der Waals surface area contributed by atoms with Crippen molar-refractivity contribution >= 4 is 39.2 Å². The molecule has 282 valence electrons. The second-order valence-corrected chi connectivity index (χ2v) is 14.0. The van der Waals surface area contributed by atoms with Gasteiger partial charge in [0, 0.05) is 74.3 Å². The molecule has 0 saturated carbocycles. The monoisotopic (exact) mass is 739 g/mol. The predicted molar refractivity (Wildman–Crippen MR) is 213 cm³/mol. The zero-order valence-electron chi connectivity index (χ0n) is 31.2. The molecule has 1 fully saturated rings. The van der Waals surface area contributed by atoms with Gasteiger partial charge in [-0.2, -0.15) is 5.10 Å². The number of piperazine rings is 1. The van der Waals surface area contributed by atoms with Crippen molar-refractivity contribution in [2.24, 2.45) is 7.05 Å². The van der Waals surface area contributed by atoms with Gasteiger partial charge in [-0.1, -0.05) is 66.7 Å². The molecule has 0 spiro atoms. The Kier molecular flexibility index (Phi) is 10.3. The van der Waals surface area contributed by atoms with Crippen molar-refractivity contribution in [2.75, 3.05) is 44.3 Å². The molecule has 1 N–H and O–H groups in total. The third-order valence-corrected chi connectivity index (χ3v) is 10.7. The van der Waals surface area contributed by atoms with Crippen LogP contribution in [0.25, 0.3) is 32.8 Å². The van der Waals surface area contributed by atoms with Crippen LogP contribution in [0.1, 0.15) is 40.8 Å². The Morgan fingerprint density at radius 2 is 1.64 bits per heavy atom. The number of carbonyl (C=O) groups is 2. The summed E-state index contributed by atoms with van der Waals surface area (Å²) in [6, 6.07) is 28.3. The molecule has 0 radical (unpaired) electrons. The van der Waals surface area contributed by atoms with E-state index < -0.39 is 5.97 Å². The van der Waals surface area contributed by atoms with Crippen LogP contribution in [0, 0.1) is 0 Å². The maximum atomic E-state index is 13.1. The average Bonchev–Trinajstić information content (AvgIpc) is 3.69. The summed E-state index contributed by atoms with van der Waals surface area (Å²) in [6.45, 7) is 6.36. The average molecular weight is 740 g/mol. The number of carbonyl (C=O) groups excluding carboxylic acids is 1. The predicted octanol–water partition coefficient (Wildman–Crippen LogP) is 7.24. The molecule has 2 aromatic heterocycles. The van der Waals surface area contributed by atoms with Crippen molar-refractivity contribution in [3.05, 3.63) is 120 Å². The minimum absolute atomic E-state index is 0.113. The number of anilines is 1. The molecule has 8 rings (SSSR count). The van der Waals surface area contributed by atoms with Crippen LogP contribution < -0.4 is 14.4 Å². The van der Waals surface area contributed by atoms with Gasteiger partial charge in [0.25, 0.3) is 0 Å². The van der Waals surface area contributed by atoms with Crippen molar-refractivity contribution in [1.29, 1.82) is 0 Å². The van der Waals surface area contributed by atoms with Gasteiger partial charge in [-0.25, -0.2) is 4.79 Å². The van der Waals surface area contributed by atoms with Gasteiger partial charge in [-0.05, 0) is 54.1 Å². The Bertz CT molecular complexity index is 2380. The van der Waals surface area contributed by atoms with Crippen molar-refractivity contribution < 1.29 is 28.9 Å². The fraction of sp³-hybridized carbons (Fsp3) is 0.295. The largest absolute Gasteiger partial charge is 0.493 e. The number of ether oxygens (including phenoxy) is 3. The molecular formula is C44H45N5O6. The molecule has 1 saturated heterocycles. The lowest BCUT2D eigenvalue weighted by Crippen LogP contribution is -2.48. The van der Waals surface area contributed by atoms with Crippen LogP contribution in [-0.4, -0.2) is 75.6 Å². The van der Waals surface area contributed by atoms with E-state index in [4.69, 9.17) is 19.3 Å². The Hall–Kier alpha value is -6.07. The highest BCUT2D eigenvalue weighted by Gasteiger charge is 2.28. The summed E-state index contributed by atoms with van der Waals surface area (Å²) in [7, 11) is 1.91. The first-order valence-corrected chi connectivity index (χ1v) is 18.9. The number of hydrogen-bond acceptors (Lipinski definition) is 7. The number of aromatic carboxylic acids is 1. The molecule has 4 aromatic carbocycles. The first-order chi connectivity index (χ1) is 26.9. The molecule has 1 amide bonds. The second kappa shape index (κ2) is 15.7. The van der Waals surface area contributed by atoms with Crippen molar-refractivity contribution in [1.82, 2.24) is 19.2 Å². The number of carboxylic acid groups (broad SMARTS) is 1. The molecule has 2 aliphatic heterocycles. The maximum absolute atomic E-state index is 13.1. The standard InChI is InChI=1S/C44H45N5O6/c1-30(50)47-22-24-48(25-23-47)32-17-19-33(20-18-32)55-28-38-41-37-14-8-13-35-36(15-9-27-54-40-16-7-11-31-10-3-4-12-34(31)40)43(44(51)52)49(42(35)37)21-5-6-26-53-29-39(41)46(2)45-38/h3-8,10-14,16-20H,9,15,21-29H2,1-2H3,(H,51,52). The number of nitrogens with zero attached hydrogens (tertiary/aromatic N) is 5. The number of fused-ring (bicyclic) bond motifs is 3. The fourth-order valence-electron chi connectivity index (χ4n) is 7.97. The second-order valence-electron chi connectivity index (χ2n) is 14.0. The number of allylic oxidation sites excluding steroid dienone is 1. The number of aromatic nitrogens is 3. The molecule has 0 unspecified atom stereocenters. The van der Waals surface area contributed by atoms with Crippen LogP contribution in [0.4, 0.5) is 5.69 Å². The number of benzene rings is 4. The van der Waals surface area contributed by atoms with E-state index in [1.54, 1.807) is 6.92 Å². The first kappa shape index (κ1) is 35.9. The first-order valence-electron chi connectivity index (χ1n) is 18.9. The third kappa shape index (κ3) is 7.27. The van der Waals surface area contributed by atoms with Gasteiger partial charge in [0.15, 0.2) is 0 Å². The molecular weight excluding hydrogens is 695 g/mol. The summed E-state index contributed by atoms with van der Waals surface area (Å²) >= 11 is 0. The van der Waals surface area contributed by atoms with Crippen molar-refractivity contribution in [3.8, 4) is 22.6 Å². The minimum Gasteiger partial charge on any atom is -0.493 e. The van der Waals surface area contributed by atoms with E-state index in [0.717, 1.165) is 74.3 Å². The molecule has 0 aliphatic carbocycles. The zero-order valence-corrected chi connectivity index (χ0v) is 31.2. The molecule has 11 heteroatoms. The fourth-order valence-corrected chi connectivity index (χ4v) is 7.97. The lowest BCUT2D eigenvalue weighted by atomic mass is 9.98. The minimum atomic E-state index is -0.967. The molecule has 6 aromatic rings. The van der Waals surface area contributed by atoms with E-state index in [2.05, 4.69) is 35.2 Å². The number of aryl methyl sites for hydroxylation is 2. The van der Waals surface area contributed by atoms with Gasteiger partial charge in [0.1, 0.15) is 29.5 Å². The van der Waals surface area contributed by atoms with Crippen LogP contribution in [0.15, 0.2) is 97.1 Å². The van der Waals surface area contributed by atoms with Gasteiger partial charge in [0.05, 0.1) is 31.0 Å². The number of amides is 1. The van der Waals surface area contributed by atoms with Crippen LogP contribution >= 0.6 is 0 Å². The topological polar surface area (TPSA) is 111 Å². The lowest BCUT2D eigenvalue weighted by Gasteiger charge is -2.35. The van der Waals surface area contributed by atoms with Gasteiger partial charge >= 0.3 is 5.97 Å².